The Bertz CT molecular complexity index is 784. The van der Waals surface area contributed by atoms with Gasteiger partial charge in [-0.05, 0) is 54.9 Å². The van der Waals surface area contributed by atoms with Crippen molar-refractivity contribution in [2.75, 3.05) is 0 Å². The number of hydrogen-bond donors (Lipinski definition) is 0. The van der Waals surface area contributed by atoms with Crippen LogP contribution in [0.5, 0.6) is 0 Å². The van der Waals surface area contributed by atoms with Gasteiger partial charge in [0, 0.05) is 11.0 Å². The van der Waals surface area contributed by atoms with Crippen LogP contribution in [0.15, 0.2) is 36.4 Å². The topological polar surface area (TPSA) is 0 Å². The second kappa shape index (κ2) is 4.75. The molecule has 2 aromatic rings. The van der Waals surface area contributed by atoms with Gasteiger partial charge in [-0.25, -0.2) is 0 Å². The van der Waals surface area contributed by atoms with Crippen LogP contribution in [0.3, 0.4) is 0 Å². The van der Waals surface area contributed by atoms with Crippen molar-refractivity contribution in [1.82, 2.24) is 0 Å². The summed E-state index contributed by atoms with van der Waals surface area (Å²) in [5.74, 6) is 0. The molecule has 0 bridgehead atoms. The van der Waals surface area contributed by atoms with Gasteiger partial charge in [-0.2, -0.15) is 0 Å². The highest BCUT2D eigenvalue weighted by molar-refractivity contribution is 5.71. The van der Waals surface area contributed by atoms with Crippen LogP contribution in [-0.2, 0) is 6.37 Å². The summed E-state index contributed by atoms with van der Waals surface area (Å²) >= 11 is 0. The lowest BCUT2D eigenvalue weighted by Crippen LogP contribution is -1.90. The van der Waals surface area contributed by atoms with E-state index >= 15 is 0 Å². The van der Waals surface area contributed by atoms with E-state index in [1.54, 1.807) is 37.3 Å². The van der Waals surface area contributed by atoms with E-state index in [1.165, 1.54) is 6.07 Å². The van der Waals surface area contributed by atoms with Crippen LogP contribution in [-0.4, -0.2) is 0 Å². The third-order valence-electron chi connectivity index (χ3n) is 2.89. The van der Waals surface area contributed by atoms with Gasteiger partial charge in [0.15, 0.2) is 0 Å². The highest BCUT2D eigenvalue weighted by Crippen LogP contribution is 2.28. The molecule has 0 nitrogen and oxygen atoms in total. The molecule has 0 saturated heterocycles. The van der Waals surface area contributed by atoms with E-state index in [9.17, 15) is 0 Å². The maximum atomic E-state index is 7.87. The molecule has 0 heteroatoms. The summed E-state index contributed by atoms with van der Waals surface area (Å²) < 4.78 is 60.3. The first-order valence-corrected chi connectivity index (χ1v) is 5.48. The first-order valence-electron chi connectivity index (χ1n) is 9.48. The van der Waals surface area contributed by atoms with Crippen molar-refractivity contribution in [3.63, 3.8) is 0 Å². The van der Waals surface area contributed by atoms with Crippen molar-refractivity contribution in [2.45, 2.75) is 33.9 Å². The fourth-order valence-electron chi connectivity index (χ4n) is 2.01. The van der Waals surface area contributed by atoms with Crippen molar-refractivity contribution in [1.29, 1.82) is 0 Å². The Kier molecular flexibility index (Phi) is 1.51. The van der Waals surface area contributed by atoms with Crippen LogP contribution in [0.2, 0.25) is 0 Å². The lowest BCUT2D eigenvalue weighted by atomic mass is 9.94. The summed E-state index contributed by atoms with van der Waals surface area (Å²) in [6.45, 7) is -1.32. The predicted molar refractivity (Wildman–Crippen MR) is 75.5 cm³/mol. The molecule has 0 aliphatic carbocycles. The first-order chi connectivity index (χ1) is 11.2. The van der Waals surface area contributed by atoms with Crippen LogP contribution >= 0.6 is 0 Å². The highest BCUT2D eigenvalue weighted by Gasteiger charge is 2.05. The molecule has 2 rings (SSSR count). The minimum Gasteiger partial charge on any atom is -0.0613 e. The molecule has 0 spiro atoms. The molecule has 0 aliphatic rings. The molecule has 0 fully saturated rings. The van der Waals surface area contributed by atoms with Gasteiger partial charge in [-0.1, -0.05) is 48.8 Å². The van der Waals surface area contributed by atoms with E-state index in [0.717, 1.165) is 22.3 Å². The van der Waals surface area contributed by atoms with Gasteiger partial charge in [0.25, 0.3) is 0 Å². The zero-order valence-corrected chi connectivity index (χ0v) is 9.96. The summed E-state index contributed by atoms with van der Waals surface area (Å²) in [6, 6.07) is 9.62. The zero-order valence-electron chi connectivity index (χ0n) is 18.0. The molecule has 88 valence electrons. The smallest absolute Gasteiger partial charge is 0.0313 e. The Morgan fingerprint density at radius 1 is 1.00 bits per heavy atom. The standard InChI is InChI=1S/C17H20/c1-5-15-7-9-17(14(4)11-15)16-8-6-12(2)10-13(16)3/h6-11H,5H2,1-4H3/i1D3,2D3,5D2. The third kappa shape index (κ3) is 2.41. The van der Waals surface area contributed by atoms with E-state index in [1.807, 2.05) is 6.92 Å². The molecule has 0 amide bonds. The van der Waals surface area contributed by atoms with Crippen molar-refractivity contribution < 1.29 is 11.0 Å². The van der Waals surface area contributed by atoms with E-state index in [4.69, 9.17) is 11.0 Å². The molecule has 0 aromatic heterocycles. The number of hydrogen-bond acceptors (Lipinski definition) is 0. The quantitative estimate of drug-likeness (QED) is 0.695. The van der Waals surface area contributed by atoms with Gasteiger partial charge in [0.2, 0.25) is 0 Å². The van der Waals surface area contributed by atoms with Crippen molar-refractivity contribution in [3.05, 3.63) is 58.7 Å². The molecular weight excluding hydrogens is 204 g/mol. The van der Waals surface area contributed by atoms with Crippen LogP contribution in [0.25, 0.3) is 11.1 Å². The van der Waals surface area contributed by atoms with Gasteiger partial charge in [0.05, 0.1) is 0 Å². The molecule has 0 unspecified atom stereocenters. The Hall–Kier alpha value is -1.56. The number of rotatable bonds is 2. The van der Waals surface area contributed by atoms with Crippen molar-refractivity contribution in [2.24, 2.45) is 0 Å². The predicted octanol–water partition coefficient (Wildman–Crippen LogP) is 4.84. The molecular formula is C17H20. The summed E-state index contributed by atoms with van der Waals surface area (Å²) in [6.07, 6.45) is -2.43. The summed E-state index contributed by atoms with van der Waals surface area (Å²) in [5.41, 5.74) is 3.55. The maximum absolute atomic E-state index is 7.87. The van der Waals surface area contributed by atoms with Crippen LogP contribution < -0.4 is 0 Å². The Morgan fingerprint density at radius 2 is 1.71 bits per heavy atom. The van der Waals surface area contributed by atoms with Crippen LogP contribution in [0.4, 0.5) is 0 Å². The summed E-state index contributed by atoms with van der Waals surface area (Å²) in [5, 5.41) is 0. The van der Waals surface area contributed by atoms with Crippen LogP contribution in [0, 0.1) is 20.7 Å². The Balaban J connectivity index is 2.50. The van der Waals surface area contributed by atoms with E-state index < -0.39 is 20.1 Å². The van der Waals surface area contributed by atoms with E-state index in [2.05, 4.69) is 0 Å². The number of benzene rings is 2. The van der Waals surface area contributed by atoms with Crippen molar-refractivity contribution in [3.8, 4) is 11.1 Å². The highest BCUT2D eigenvalue weighted by atomic mass is 14.1. The third-order valence-corrected chi connectivity index (χ3v) is 2.89. The molecule has 0 N–H and O–H groups in total. The minimum absolute atomic E-state index is 0.102. The monoisotopic (exact) mass is 232 g/mol. The number of aryl methyl sites for hydroxylation is 4. The molecule has 0 atom stereocenters. The van der Waals surface area contributed by atoms with E-state index in [0.29, 0.717) is 0 Å². The SMILES string of the molecule is [2H]C([2H])([2H])c1ccc(-c2ccc(C([2H])([2H])C([2H])([2H])[2H])cc2C)c(C)c1. The summed E-state index contributed by atoms with van der Waals surface area (Å²) in [4.78, 5) is 0. The average molecular weight is 232 g/mol. The second-order valence-corrected chi connectivity index (χ2v) is 4.18. The van der Waals surface area contributed by atoms with Gasteiger partial charge in [-0.3, -0.25) is 0 Å². The van der Waals surface area contributed by atoms with Gasteiger partial charge in [-0.15, -0.1) is 0 Å². The Labute approximate surface area is 116 Å². The fraction of sp³-hybridized carbons (Fsp3) is 0.294. The van der Waals surface area contributed by atoms with Gasteiger partial charge >= 0.3 is 0 Å². The van der Waals surface area contributed by atoms with Gasteiger partial charge in [0.1, 0.15) is 0 Å². The molecule has 17 heavy (non-hydrogen) atoms. The lowest BCUT2D eigenvalue weighted by Gasteiger charge is -2.11. The van der Waals surface area contributed by atoms with Crippen molar-refractivity contribution >= 4 is 0 Å². The maximum Gasteiger partial charge on any atom is 0.0313 e. The molecule has 0 radical (unpaired) electrons. The Morgan fingerprint density at radius 3 is 2.29 bits per heavy atom. The van der Waals surface area contributed by atoms with Gasteiger partial charge < -0.3 is 0 Å². The minimum atomic E-state index is -2.75. The normalized spacial score (nSPS) is 19.9. The fourth-order valence-corrected chi connectivity index (χ4v) is 2.01. The first kappa shape index (κ1) is 5.39. The lowest BCUT2D eigenvalue weighted by molar-refractivity contribution is 1.13. The molecule has 2 aromatic carbocycles. The summed E-state index contributed by atoms with van der Waals surface area (Å²) in [7, 11) is 0. The average Bonchev–Trinajstić information content (AvgIpc) is 2.45. The molecule has 0 aliphatic heterocycles. The van der Waals surface area contributed by atoms with Crippen LogP contribution in [0.1, 0.15) is 40.1 Å². The molecule has 0 saturated carbocycles. The second-order valence-electron chi connectivity index (χ2n) is 4.18. The largest absolute Gasteiger partial charge is 0.0613 e. The zero-order chi connectivity index (χ0) is 19.2. The molecule has 0 heterocycles. The van der Waals surface area contributed by atoms with E-state index in [-0.39, 0.29) is 11.1 Å².